The van der Waals surface area contributed by atoms with Crippen LogP contribution in [0.4, 0.5) is 0 Å². The van der Waals surface area contributed by atoms with Crippen molar-refractivity contribution in [2.45, 2.75) is 13.3 Å². The third-order valence-corrected chi connectivity index (χ3v) is 1.15. The molecule has 13 heavy (non-hydrogen) atoms. The van der Waals surface area contributed by atoms with Crippen LogP contribution in [0.2, 0.25) is 0 Å². The predicted molar refractivity (Wildman–Crippen MR) is 54.8 cm³/mol. The summed E-state index contributed by atoms with van der Waals surface area (Å²) >= 11 is 0. The number of halogens is 1. The molecule has 0 aromatic rings. The van der Waals surface area contributed by atoms with E-state index in [9.17, 15) is 4.79 Å². The van der Waals surface area contributed by atoms with E-state index in [4.69, 9.17) is 4.74 Å². The summed E-state index contributed by atoms with van der Waals surface area (Å²) in [5.41, 5.74) is 4.22. The van der Waals surface area contributed by atoms with Crippen molar-refractivity contribution in [1.29, 1.82) is 0 Å². The molecule has 0 atom stereocenters. The Labute approximate surface area is 86.2 Å². The van der Waals surface area contributed by atoms with Gasteiger partial charge in [-0.2, -0.15) is 0 Å². The summed E-state index contributed by atoms with van der Waals surface area (Å²) in [6.07, 6.45) is 0.378. The van der Waals surface area contributed by atoms with Gasteiger partial charge in [-0.05, 0) is 6.92 Å². The lowest BCUT2D eigenvalue weighted by molar-refractivity contribution is -0.833. The third kappa shape index (κ3) is 11.7. The van der Waals surface area contributed by atoms with Crippen LogP contribution in [0.15, 0.2) is 0 Å². The Balaban J connectivity index is 0. The van der Waals surface area contributed by atoms with Crippen LogP contribution in [-0.4, -0.2) is 44.9 Å². The Morgan fingerprint density at radius 1 is 1.38 bits per heavy atom. The van der Waals surface area contributed by atoms with Gasteiger partial charge in [0.25, 0.3) is 0 Å². The second-order valence-corrected chi connectivity index (χ2v) is 3.36. The van der Waals surface area contributed by atoms with Crippen LogP contribution in [0.1, 0.15) is 13.3 Å². The van der Waals surface area contributed by atoms with Crippen molar-refractivity contribution < 1.29 is 14.1 Å². The summed E-state index contributed by atoms with van der Waals surface area (Å²) < 4.78 is 5.28. The minimum atomic E-state index is -0.172. The largest absolute Gasteiger partial charge is 0.466 e. The Kier molecular flexibility index (Phi) is 8.30. The van der Waals surface area contributed by atoms with Crippen LogP contribution in [0, 0.1) is 0 Å². The highest BCUT2D eigenvalue weighted by molar-refractivity contribution is 5.85. The van der Waals surface area contributed by atoms with Crippen molar-refractivity contribution in [1.82, 2.24) is 0 Å². The fourth-order valence-electron chi connectivity index (χ4n) is 0.674. The molecule has 0 N–H and O–H groups in total. The summed E-state index contributed by atoms with van der Waals surface area (Å²) in [4.78, 5) is 10.8. The molecule has 0 rings (SSSR count). The summed E-state index contributed by atoms with van der Waals surface area (Å²) in [6.45, 7) is 2.78. The molecule has 0 amide bonds. The molecule has 80 valence electrons. The number of carbonyl (C=O) groups is 1. The van der Waals surface area contributed by atoms with Gasteiger partial charge in [0, 0.05) is 6.42 Å². The Hall–Kier alpha value is -0.320. The van der Waals surface area contributed by atoms with Gasteiger partial charge in [0.05, 0.1) is 27.7 Å². The molecule has 0 saturated heterocycles. The maximum absolute atomic E-state index is 10.8. The smallest absolute Gasteiger partial charge is 0.304 e. The van der Waals surface area contributed by atoms with Crippen molar-refractivity contribution in [3.05, 3.63) is 5.43 Å². The Bertz CT molecular complexity index is 146. The molecule has 0 heterocycles. The van der Waals surface area contributed by atoms with Gasteiger partial charge in [-0.25, -0.2) is 0 Å². The van der Waals surface area contributed by atoms with E-state index in [-0.39, 0.29) is 18.4 Å². The highest BCUT2D eigenvalue weighted by Crippen LogP contribution is 2.02. The van der Waals surface area contributed by atoms with Crippen molar-refractivity contribution in [2.75, 3.05) is 34.3 Å². The Morgan fingerprint density at radius 3 is 2.31 bits per heavy atom. The molecule has 0 aliphatic carbocycles. The molecule has 0 saturated carbocycles. The molecule has 5 heteroatoms. The molecule has 0 unspecified atom stereocenters. The standard InChI is InChI=1S/C8H18N2O2.ClH/c1-5-12-8(11)6-7-9-10(2,3)4;/h5-7H2,1-4H3;1H. The van der Waals surface area contributed by atoms with Crippen molar-refractivity contribution in [2.24, 2.45) is 0 Å². The van der Waals surface area contributed by atoms with Gasteiger partial charge in [0.2, 0.25) is 0 Å². The molecule has 0 aromatic heterocycles. The molecule has 0 aliphatic rings. The molecular weight excluding hydrogens is 192 g/mol. The first-order valence-electron chi connectivity index (χ1n) is 4.12. The topological polar surface area (TPSA) is 40.4 Å². The minimum absolute atomic E-state index is 0. The van der Waals surface area contributed by atoms with E-state index < -0.39 is 0 Å². The number of esters is 1. The Morgan fingerprint density at radius 2 is 1.92 bits per heavy atom. The number of rotatable bonds is 5. The second-order valence-electron chi connectivity index (χ2n) is 3.36. The van der Waals surface area contributed by atoms with Gasteiger partial charge >= 0.3 is 5.97 Å². The summed E-state index contributed by atoms with van der Waals surface area (Å²) in [6, 6.07) is 0. The van der Waals surface area contributed by atoms with Crippen LogP contribution in [0.5, 0.6) is 0 Å². The number of ether oxygens (including phenoxy) is 1. The van der Waals surface area contributed by atoms with Crippen LogP contribution in [-0.2, 0) is 9.53 Å². The van der Waals surface area contributed by atoms with Gasteiger partial charge in [-0.15, -0.1) is 12.4 Å². The molecule has 0 spiro atoms. The molecule has 0 radical (unpaired) electrons. The van der Waals surface area contributed by atoms with E-state index in [0.717, 1.165) is 0 Å². The zero-order valence-electron chi connectivity index (χ0n) is 8.74. The van der Waals surface area contributed by atoms with Gasteiger partial charge < -0.3 is 14.8 Å². The van der Waals surface area contributed by atoms with E-state index in [1.807, 2.05) is 21.1 Å². The first kappa shape index (κ1) is 15.2. The van der Waals surface area contributed by atoms with E-state index in [0.29, 0.717) is 24.2 Å². The van der Waals surface area contributed by atoms with Crippen LogP contribution in [0.25, 0.3) is 5.43 Å². The minimum Gasteiger partial charge on any atom is -0.466 e. The highest BCUT2D eigenvalue weighted by Gasteiger charge is 1.99. The monoisotopic (exact) mass is 210 g/mol. The van der Waals surface area contributed by atoms with Crippen molar-refractivity contribution in [3.63, 3.8) is 0 Å². The highest BCUT2D eigenvalue weighted by atomic mass is 35.5. The van der Waals surface area contributed by atoms with Gasteiger partial charge in [-0.1, -0.05) is 6.54 Å². The molecule has 0 fully saturated rings. The fraction of sp³-hybridized carbons (Fsp3) is 0.875. The fourth-order valence-corrected chi connectivity index (χ4v) is 0.674. The number of nitrogens with zero attached hydrogens (tertiary/aromatic N) is 2. The molecule has 0 aromatic carbocycles. The summed E-state index contributed by atoms with van der Waals surface area (Å²) in [5.74, 6) is -0.172. The average molecular weight is 211 g/mol. The number of quaternary nitrogens is 1. The van der Waals surface area contributed by atoms with Gasteiger partial charge in [0.1, 0.15) is 0 Å². The van der Waals surface area contributed by atoms with Crippen LogP contribution in [0.3, 0.4) is 0 Å². The van der Waals surface area contributed by atoms with E-state index in [1.54, 1.807) is 6.92 Å². The summed E-state index contributed by atoms with van der Waals surface area (Å²) in [7, 11) is 5.85. The molecule has 0 bridgehead atoms. The van der Waals surface area contributed by atoms with E-state index >= 15 is 0 Å². The van der Waals surface area contributed by atoms with Crippen molar-refractivity contribution in [3.8, 4) is 0 Å². The van der Waals surface area contributed by atoms with Gasteiger partial charge in [-0.3, -0.25) is 4.79 Å². The SMILES string of the molecule is CCOC(=O)CC[N-][N+](C)(C)C.Cl. The van der Waals surface area contributed by atoms with E-state index in [2.05, 4.69) is 5.43 Å². The normalized spacial score (nSPS) is 10.5. The zero-order valence-corrected chi connectivity index (χ0v) is 9.56. The van der Waals surface area contributed by atoms with Gasteiger partial charge in [0.15, 0.2) is 0 Å². The second kappa shape index (κ2) is 7.12. The lowest BCUT2D eigenvalue weighted by Crippen LogP contribution is -2.30. The third-order valence-electron chi connectivity index (χ3n) is 1.15. The quantitative estimate of drug-likeness (QED) is 0.391. The number of hydrogen-bond acceptors (Lipinski definition) is 2. The van der Waals surface area contributed by atoms with Crippen LogP contribution >= 0.6 is 12.4 Å². The summed E-state index contributed by atoms with van der Waals surface area (Å²) in [5, 5.41) is 0. The lowest BCUT2D eigenvalue weighted by atomic mass is 10.4. The first-order valence-corrected chi connectivity index (χ1v) is 4.12. The van der Waals surface area contributed by atoms with Crippen molar-refractivity contribution >= 4 is 18.4 Å². The maximum atomic E-state index is 10.8. The maximum Gasteiger partial charge on any atom is 0.304 e. The molecule has 0 aliphatic heterocycles. The number of hydrogen-bond donors (Lipinski definition) is 0. The average Bonchev–Trinajstić information content (AvgIpc) is 1.84. The van der Waals surface area contributed by atoms with Crippen LogP contribution < -0.4 is 0 Å². The first-order chi connectivity index (χ1) is 5.45. The predicted octanol–water partition coefficient (Wildman–Crippen LogP) is 1.36. The molecule has 4 nitrogen and oxygen atoms in total. The lowest BCUT2D eigenvalue weighted by Gasteiger charge is -2.37. The zero-order chi connectivity index (χ0) is 9.61. The van der Waals surface area contributed by atoms with E-state index in [1.165, 1.54) is 0 Å². The molecular formula is C8H19ClN2O2. The number of carbonyl (C=O) groups excluding carboxylic acids is 1.